The first-order chi connectivity index (χ1) is 8.18. The average Bonchev–Trinajstić information content (AvgIpc) is 2.36. The summed E-state index contributed by atoms with van der Waals surface area (Å²) in [6.45, 7) is 0. The molecule has 6 heteroatoms. The molecular formula is C11H4O6. The van der Waals surface area contributed by atoms with Crippen LogP contribution in [0.5, 0.6) is 0 Å². The van der Waals surface area contributed by atoms with Crippen LogP contribution in [0.3, 0.4) is 0 Å². The summed E-state index contributed by atoms with van der Waals surface area (Å²) in [4.78, 5) is 33.8. The zero-order chi connectivity index (χ0) is 12.0. The Morgan fingerprint density at radius 3 is 2.59 bits per heavy atom. The first-order valence-corrected chi connectivity index (χ1v) is 4.64. The van der Waals surface area contributed by atoms with Crippen molar-refractivity contribution in [3.63, 3.8) is 0 Å². The summed E-state index contributed by atoms with van der Waals surface area (Å²) in [7, 11) is 0. The van der Waals surface area contributed by atoms with E-state index in [0.29, 0.717) is 11.3 Å². The Morgan fingerprint density at radius 1 is 0.941 bits per heavy atom. The summed E-state index contributed by atoms with van der Waals surface area (Å²) < 4.78 is 14.8. The van der Waals surface area contributed by atoms with Gasteiger partial charge >= 0.3 is 11.1 Å². The predicted molar refractivity (Wildman–Crippen MR) is 54.0 cm³/mol. The van der Waals surface area contributed by atoms with Gasteiger partial charge in [-0.15, -0.1) is 0 Å². The van der Waals surface area contributed by atoms with Gasteiger partial charge in [-0.2, -0.15) is 0 Å². The topological polar surface area (TPSA) is 90.6 Å². The molecule has 0 saturated heterocycles. The number of hydrogen-bond donors (Lipinski definition) is 0. The predicted octanol–water partition coefficient (Wildman–Crippen LogP) is 0.376. The van der Waals surface area contributed by atoms with E-state index < -0.39 is 16.5 Å². The molecule has 0 fully saturated rings. The van der Waals surface area contributed by atoms with E-state index in [1.165, 1.54) is 12.5 Å². The van der Waals surface area contributed by atoms with Crippen LogP contribution >= 0.6 is 0 Å². The first-order valence-electron chi connectivity index (χ1n) is 4.64. The van der Waals surface area contributed by atoms with Gasteiger partial charge in [0.2, 0.25) is 5.42 Å². The lowest BCUT2D eigenvalue weighted by Crippen LogP contribution is -2.37. The van der Waals surface area contributed by atoms with Crippen molar-refractivity contribution < 1.29 is 13.3 Å². The second kappa shape index (κ2) is 3.18. The van der Waals surface area contributed by atoms with Crippen molar-refractivity contribution in [2.75, 3.05) is 0 Å². The van der Waals surface area contributed by atoms with Gasteiger partial charge in [0.05, 0.1) is 11.8 Å². The molecule has 0 bridgehead atoms. The fourth-order valence-electron chi connectivity index (χ4n) is 1.55. The van der Waals surface area contributed by atoms with Gasteiger partial charge in [-0.3, -0.25) is 9.59 Å². The van der Waals surface area contributed by atoms with Gasteiger partial charge in [-0.05, 0) is 12.1 Å². The zero-order valence-corrected chi connectivity index (χ0v) is 8.26. The fourth-order valence-corrected chi connectivity index (χ4v) is 1.55. The largest absolute Gasteiger partial charge is 0.461 e. The Morgan fingerprint density at radius 2 is 1.76 bits per heavy atom. The van der Waals surface area contributed by atoms with E-state index in [9.17, 15) is 14.4 Å². The molecule has 0 saturated carbocycles. The average molecular weight is 232 g/mol. The molecule has 0 spiro atoms. The van der Waals surface area contributed by atoms with Crippen molar-refractivity contribution in [3.8, 4) is 11.3 Å². The van der Waals surface area contributed by atoms with E-state index in [1.54, 1.807) is 12.1 Å². The zero-order valence-electron chi connectivity index (χ0n) is 8.26. The highest BCUT2D eigenvalue weighted by molar-refractivity contribution is 5.55. The maximum absolute atomic E-state index is 11.5. The van der Waals surface area contributed by atoms with Crippen molar-refractivity contribution in [1.29, 1.82) is 0 Å². The molecule has 6 nitrogen and oxygen atoms in total. The van der Waals surface area contributed by atoms with E-state index in [4.69, 9.17) is 13.3 Å². The lowest BCUT2D eigenvalue weighted by atomic mass is 10.2. The van der Waals surface area contributed by atoms with Gasteiger partial charge in [0, 0.05) is 0 Å². The van der Waals surface area contributed by atoms with Crippen LogP contribution in [-0.4, -0.2) is 0 Å². The molecule has 0 amide bonds. The van der Waals surface area contributed by atoms with Gasteiger partial charge < -0.3 is 13.3 Å². The summed E-state index contributed by atoms with van der Waals surface area (Å²) in [5.41, 5.74) is -3.45. The highest BCUT2D eigenvalue weighted by atomic mass is 16.4. The highest BCUT2D eigenvalue weighted by Gasteiger charge is 2.15. The summed E-state index contributed by atoms with van der Waals surface area (Å²) in [5.74, 6) is 0.307. The molecule has 0 aliphatic carbocycles. The second-order valence-corrected chi connectivity index (χ2v) is 3.33. The molecule has 0 radical (unpaired) electrons. The van der Waals surface area contributed by atoms with Crippen molar-refractivity contribution in [2.45, 2.75) is 0 Å². The molecule has 0 aromatic heterocycles. The fraction of sp³-hybridized carbons (Fsp3) is 0. The summed E-state index contributed by atoms with van der Waals surface area (Å²) >= 11 is 0. The maximum atomic E-state index is 11.5. The molecule has 84 valence electrons. The standard InChI is InChI=1S/C11H4O6/c12-7-8(13)11(14)17-9-5-2-1-3-15-6(5)4-16-10(7)9/h1-4H. The molecule has 0 atom stereocenters. The van der Waals surface area contributed by atoms with Crippen molar-refractivity contribution >= 4 is 0 Å². The number of hydrogen-bond acceptors (Lipinski definition) is 6. The van der Waals surface area contributed by atoms with Crippen LogP contribution < -0.4 is 16.5 Å². The van der Waals surface area contributed by atoms with Crippen LogP contribution in [0.25, 0.3) is 11.3 Å². The van der Waals surface area contributed by atoms with Crippen molar-refractivity contribution in [3.05, 3.63) is 66.4 Å². The third-order valence-corrected chi connectivity index (χ3v) is 2.33. The van der Waals surface area contributed by atoms with Crippen LogP contribution in [0, 0.1) is 10.8 Å². The van der Waals surface area contributed by atoms with Crippen molar-refractivity contribution in [1.82, 2.24) is 0 Å². The highest BCUT2D eigenvalue weighted by Crippen LogP contribution is 2.21. The first kappa shape index (κ1) is 9.59. The molecule has 0 aromatic rings. The lowest BCUT2D eigenvalue weighted by Gasteiger charge is -2.01. The van der Waals surface area contributed by atoms with E-state index >= 15 is 0 Å². The molecule has 17 heavy (non-hydrogen) atoms. The van der Waals surface area contributed by atoms with Crippen LogP contribution in [0.4, 0.5) is 0 Å². The molecular weight excluding hydrogens is 228 g/mol. The van der Waals surface area contributed by atoms with Gasteiger partial charge in [0.25, 0.3) is 5.43 Å². The van der Waals surface area contributed by atoms with Crippen LogP contribution in [0.15, 0.2) is 52.3 Å². The van der Waals surface area contributed by atoms with Gasteiger partial charge in [-0.1, -0.05) is 0 Å². The van der Waals surface area contributed by atoms with E-state index in [2.05, 4.69) is 0 Å². The smallest absolute Gasteiger partial charge is 0.388 e. The van der Waals surface area contributed by atoms with Crippen LogP contribution in [0.2, 0.25) is 0 Å². The normalized spacial score (nSPS) is 11.1. The van der Waals surface area contributed by atoms with Crippen molar-refractivity contribution in [2.24, 2.45) is 0 Å². The molecule has 3 rings (SSSR count). The Bertz CT molecular complexity index is 897. The summed E-state index contributed by atoms with van der Waals surface area (Å²) in [6.07, 6.45) is 2.58. The van der Waals surface area contributed by atoms with Crippen LogP contribution in [0.1, 0.15) is 0 Å². The second-order valence-electron chi connectivity index (χ2n) is 3.33. The molecule has 0 unspecified atom stereocenters. The van der Waals surface area contributed by atoms with Crippen LogP contribution in [-0.2, 0) is 0 Å². The molecule has 0 N–H and O–H groups in total. The third-order valence-electron chi connectivity index (χ3n) is 2.33. The minimum absolute atomic E-state index is 0.0820. The molecule has 0 aromatic carbocycles. The minimum atomic E-state index is -1.24. The van der Waals surface area contributed by atoms with E-state index in [-0.39, 0.29) is 10.8 Å². The van der Waals surface area contributed by atoms with E-state index in [1.807, 2.05) is 0 Å². The quantitative estimate of drug-likeness (QED) is 0.520. The maximum Gasteiger partial charge on any atom is 0.388 e. The molecule has 3 aliphatic rings. The summed E-state index contributed by atoms with van der Waals surface area (Å²) in [5, 5.41) is 0. The van der Waals surface area contributed by atoms with Gasteiger partial charge in [0.1, 0.15) is 6.26 Å². The Labute approximate surface area is 91.7 Å². The SMILES string of the molecule is O=c1oc2c3cccoc-3coc=2c(=O)c1=O. The number of fused-ring (bicyclic) bond motifs is 2. The lowest BCUT2D eigenvalue weighted by molar-refractivity contribution is 0.406. The van der Waals surface area contributed by atoms with E-state index in [0.717, 1.165) is 0 Å². The third kappa shape index (κ3) is 1.24. The van der Waals surface area contributed by atoms with Gasteiger partial charge in [0.15, 0.2) is 11.2 Å². The molecule has 3 aliphatic heterocycles. The Balaban J connectivity index is 2.77. The Kier molecular flexibility index (Phi) is 1.79. The Hall–Kier alpha value is -2.63. The summed E-state index contributed by atoms with van der Waals surface area (Å²) in [6, 6.07) is 3.15. The number of rotatable bonds is 0. The minimum Gasteiger partial charge on any atom is -0.461 e. The van der Waals surface area contributed by atoms with Gasteiger partial charge in [-0.25, -0.2) is 4.79 Å². The monoisotopic (exact) mass is 232 g/mol. The molecule has 3 heterocycles.